The zero-order chi connectivity index (χ0) is 12.1. The number of rotatable bonds is 1. The molecule has 4 nitrogen and oxygen atoms in total. The van der Waals surface area contributed by atoms with E-state index in [9.17, 15) is 4.39 Å². The Bertz CT molecular complexity index is 586. The summed E-state index contributed by atoms with van der Waals surface area (Å²) in [5.74, 6) is 0.158. The fraction of sp³-hybridized carbons (Fsp3) is 0.0833. The Morgan fingerprint density at radius 2 is 2.12 bits per heavy atom. The van der Waals surface area contributed by atoms with Crippen molar-refractivity contribution >= 4 is 5.82 Å². The van der Waals surface area contributed by atoms with E-state index in [4.69, 9.17) is 0 Å². The molecule has 17 heavy (non-hydrogen) atoms. The first-order valence-corrected chi connectivity index (χ1v) is 5.02. The molecule has 1 N–H and O–H groups in total. The molecule has 0 fully saturated rings. The molecule has 0 spiro atoms. The molecule has 0 aliphatic carbocycles. The molecular formula is C12H10FN4+. The third-order valence-electron chi connectivity index (χ3n) is 2.13. The highest BCUT2D eigenvalue weighted by Crippen LogP contribution is 2.08. The van der Waals surface area contributed by atoms with Gasteiger partial charge in [-0.05, 0) is 30.5 Å². The van der Waals surface area contributed by atoms with Gasteiger partial charge in [-0.25, -0.2) is 4.39 Å². The lowest BCUT2D eigenvalue weighted by atomic mass is 10.2. The molecule has 0 saturated heterocycles. The predicted molar refractivity (Wildman–Crippen MR) is 63.1 cm³/mol. The molecule has 0 aliphatic heterocycles. The van der Waals surface area contributed by atoms with Gasteiger partial charge in [-0.3, -0.25) is 0 Å². The van der Waals surface area contributed by atoms with Crippen LogP contribution in [0.3, 0.4) is 0 Å². The molecular weight excluding hydrogens is 219 g/mol. The molecule has 1 aromatic carbocycles. The lowest BCUT2D eigenvalue weighted by Gasteiger charge is -1.91. The third-order valence-corrected chi connectivity index (χ3v) is 2.13. The minimum absolute atomic E-state index is 0.293. The van der Waals surface area contributed by atoms with Crippen molar-refractivity contribution in [2.75, 3.05) is 5.43 Å². The molecule has 5 heteroatoms. The van der Waals surface area contributed by atoms with Crippen molar-refractivity contribution in [3.8, 4) is 6.07 Å². The largest absolute Gasteiger partial charge is 0.360 e. The maximum atomic E-state index is 13.2. The Morgan fingerprint density at radius 3 is 2.88 bits per heavy atom. The van der Waals surface area contributed by atoms with Gasteiger partial charge >= 0.3 is 6.07 Å². The van der Waals surface area contributed by atoms with Gasteiger partial charge in [-0.1, -0.05) is 12.1 Å². The van der Waals surface area contributed by atoms with Crippen LogP contribution in [-0.4, -0.2) is 10.2 Å². The second-order valence-corrected chi connectivity index (χ2v) is 3.38. The van der Waals surface area contributed by atoms with Gasteiger partial charge in [0.1, 0.15) is 11.4 Å². The summed E-state index contributed by atoms with van der Waals surface area (Å²) in [6.07, 6.45) is 1.59. The fourth-order valence-electron chi connectivity index (χ4n) is 1.20. The molecule has 0 atom stereocenters. The lowest BCUT2D eigenvalue weighted by molar-refractivity contribution is 0.624. The van der Waals surface area contributed by atoms with Crippen LogP contribution in [0.25, 0.3) is 4.95 Å². The summed E-state index contributed by atoms with van der Waals surface area (Å²) < 4.78 is 13.2. The smallest absolute Gasteiger partial charge is 0.205 e. The number of aryl methyl sites for hydroxylation is 1. The lowest BCUT2D eigenvalue weighted by Crippen LogP contribution is -1.94. The first kappa shape index (κ1) is 11.0. The number of nitrogens with one attached hydrogen (secondary N) is 1. The maximum Gasteiger partial charge on any atom is 0.360 e. The summed E-state index contributed by atoms with van der Waals surface area (Å²) in [6.45, 7) is 1.87. The highest BCUT2D eigenvalue weighted by Gasteiger charge is 2.05. The Balaban J connectivity index is 2.15. The number of hydrogen-bond acceptors (Lipinski definition) is 3. The average molecular weight is 229 g/mol. The Morgan fingerprint density at radius 1 is 1.29 bits per heavy atom. The van der Waals surface area contributed by atoms with Gasteiger partial charge in [-0.2, -0.15) is 5.10 Å². The molecule has 2 aromatic rings. The van der Waals surface area contributed by atoms with Crippen molar-refractivity contribution in [1.29, 1.82) is 0 Å². The molecule has 1 heterocycles. The van der Waals surface area contributed by atoms with Crippen LogP contribution >= 0.6 is 0 Å². The van der Waals surface area contributed by atoms with E-state index < -0.39 is 0 Å². The Labute approximate surface area is 97.9 Å². The van der Waals surface area contributed by atoms with Gasteiger partial charge in [0, 0.05) is 5.56 Å². The molecule has 1 aromatic heterocycles. The minimum atomic E-state index is -0.367. The van der Waals surface area contributed by atoms with Crippen molar-refractivity contribution in [3.05, 3.63) is 58.4 Å². The average Bonchev–Trinajstić information content (AvgIpc) is 2.34. The summed E-state index contributed by atoms with van der Waals surface area (Å²) in [6, 6.07) is 10.6. The third kappa shape index (κ3) is 2.75. The van der Waals surface area contributed by atoms with Gasteiger partial charge < -0.3 is 0 Å². The summed E-state index contributed by atoms with van der Waals surface area (Å²) >= 11 is 0. The van der Waals surface area contributed by atoms with Gasteiger partial charge in [0.15, 0.2) is 0 Å². The number of halogens is 1. The van der Waals surface area contributed by atoms with Crippen molar-refractivity contribution in [2.45, 2.75) is 6.92 Å². The standard InChI is InChI=1S/C12H10FN4/c1-9-6-7-14-16-12(9)17-15-8-10-4-2-3-5-11(10)13/h2-7H,1H3,(H,16,17)/q+1. The van der Waals surface area contributed by atoms with Crippen LogP contribution in [0.15, 0.2) is 36.5 Å². The number of hydrogen-bond donors (Lipinski definition) is 1. The summed E-state index contributed by atoms with van der Waals surface area (Å²) in [7, 11) is 0. The number of aromatic nitrogens is 2. The summed E-state index contributed by atoms with van der Waals surface area (Å²) in [5, 5.41) is 7.56. The fourth-order valence-corrected chi connectivity index (χ4v) is 1.20. The van der Waals surface area contributed by atoms with E-state index in [1.807, 2.05) is 6.92 Å². The Hall–Kier alpha value is -2.48. The van der Waals surface area contributed by atoms with Crippen LogP contribution in [0.1, 0.15) is 11.1 Å². The van der Waals surface area contributed by atoms with Crippen molar-refractivity contribution < 1.29 is 4.39 Å². The van der Waals surface area contributed by atoms with Gasteiger partial charge in [0.05, 0.1) is 11.2 Å². The van der Waals surface area contributed by atoms with E-state index in [1.165, 1.54) is 6.07 Å². The highest BCUT2D eigenvalue weighted by molar-refractivity contribution is 5.44. The zero-order valence-corrected chi connectivity index (χ0v) is 9.18. The first-order chi connectivity index (χ1) is 8.27. The molecule has 0 bridgehead atoms. The van der Waals surface area contributed by atoms with Gasteiger partial charge in [0.25, 0.3) is 0 Å². The number of benzene rings is 1. The van der Waals surface area contributed by atoms with E-state index >= 15 is 0 Å². The molecule has 0 aliphatic rings. The monoisotopic (exact) mass is 229 g/mol. The minimum Gasteiger partial charge on any atom is -0.205 e. The predicted octanol–water partition coefficient (Wildman–Crippen LogP) is 2.63. The van der Waals surface area contributed by atoms with Gasteiger partial charge in [-0.15, -0.1) is 5.10 Å². The molecule has 0 amide bonds. The summed E-state index contributed by atoms with van der Waals surface area (Å²) in [4.78, 5) is 3.79. The molecule has 0 unspecified atom stereocenters. The second kappa shape index (κ2) is 5.03. The quantitative estimate of drug-likeness (QED) is 0.764. The molecule has 84 valence electrons. The molecule has 0 radical (unpaired) electrons. The normalized spacial score (nSPS) is 9.29. The van der Waals surface area contributed by atoms with Crippen LogP contribution in [0.5, 0.6) is 0 Å². The first-order valence-electron chi connectivity index (χ1n) is 5.02. The highest BCUT2D eigenvalue weighted by atomic mass is 19.1. The van der Waals surface area contributed by atoms with E-state index in [0.29, 0.717) is 11.4 Å². The van der Waals surface area contributed by atoms with Crippen LogP contribution < -0.4 is 5.43 Å². The van der Waals surface area contributed by atoms with Crippen molar-refractivity contribution in [1.82, 2.24) is 10.2 Å². The number of anilines is 1. The Kier molecular flexibility index (Phi) is 3.26. The number of nitrogens with zero attached hydrogens (tertiary/aromatic N) is 3. The zero-order valence-electron chi connectivity index (χ0n) is 9.18. The molecule has 0 saturated carbocycles. The topological polar surface area (TPSA) is 42.2 Å². The maximum absolute atomic E-state index is 13.2. The van der Waals surface area contributed by atoms with E-state index in [-0.39, 0.29) is 5.82 Å². The van der Waals surface area contributed by atoms with Crippen LogP contribution in [0.2, 0.25) is 0 Å². The van der Waals surface area contributed by atoms with E-state index in [2.05, 4.69) is 26.6 Å². The van der Waals surface area contributed by atoms with Crippen LogP contribution in [-0.2, 0) is 0 Å². The van der Waals surface area contributed by atoms with E-state index in [1.54, 1.807) is 30.5 Å². The van der Waals surface area contributed by atoms with Crippen molar-refractivity contribution in [3.63, 3.8) is 0 Å². The van der Waals surface area contributed by atoms with E-state index in [0.717, 1.165) is 5.56 Å². The van der Waals surface area contributed by atoms with Gasteiger partial charge in [0.2, 0.25) is 5.82 Å². The van der Waals surface area contributed by atoms with Crippen LogP contribution in [0.4, 0.5) is 10.2 Å². The van der Waals surface area contributed by atoms with Crippen LogP contribution in [0, 0.1) is 18.8 Å². The SMILES string of the molecule is Cc1ccnnc1N[N+]#Cc1ccccc1F. The second-order valence-electron chi connectivity index (χ2n) is 3.38. The summed E-state index contributed by atoms with van der Waals surface area (Å²) in [5.41, 5.74) is 3.86. The van der Waals surface area contributed by atoms with Crippen molar-refractivity contribution in [2.24, 2.45) is 0 Å². The molecule has 2 rings (SSSR count).